The maximum Gasteiger partial charge on any atom is 0.263 e. The molecule has 2 nitrogen and oxygen atoms in total. The van der Waals surface area contributed by atoms with Gasteiger partial charge in [-0.15, -0.1) is 0 Å². The Kier molecular flexibility index (Phi) is 1.33. The van der Waals surface area contributed by atoms with Gasteiger partial charge in [-0.1, -0.05) is 0 Å². The average Bonchev–Trinajstić information content (AvgIpc) is 2.52. The van der Waals surface area contributed by atoms with E-state index in [0.717, 1.165) is 0 Å². The molecule has 0 aliphatic heterocycles. The van der Waals surface area contributed by atoms with E-state index >= 15 is 0 Å². The number of rotatable bonds is 2. The molecule has 0 spiro atoms. The highest BCUT2D eigenvalue weighted by atomic mass is 19.3. The van der Waals surface area contributed by atoms with E-state index in [1.165, 1.54) is 6.26 Å². The van der Waals surface area contributed by atoms with E-state index in [-0.39, 0.29) is 13.0 Å². The van der Waals surface area contributed by atoms with Crippen molar-refractivity contribution in [2.45, 2.75) is 17.8 Å². The SMILES string of the molecule is NCC1(c2ccco2)CC1(F)F. The average molecular weight is 173 g/mol. The first-order valence-electron chi connectivity index (χ1n) is 3.74. The molecule has 1 aliphatic carbocycles. The lowest BCUT2D eigenvalue weighted by Gasteiger charge is -2.09. The van der Waals surface area contributed by atoms with Gasteiger partial charge in [0.25, 0.3) is 5.92 Å². The van der Waals surface area contributed by atoms with Crippen LogP contribution in [0.15, 0.2) is 22.8 Å². The lowest BCUT2D eigenvalue weighted by atomic mass is 10.0. The van der Waals surface area contributed by atoms with Gasteiger partial charge in [-0.3, -0.25) is 0 Å². The Bertz CT molecular complexity index is 283. The maximum atomic E-state index is 12.9. The van der Waals surface area contributed by atoms with Crippen molar-refractivity contribution in [2.75, 3.05) is 6.54 Å². The summed E-state index contributed by atoms with van der Waals surface area (Å²) in [7, 11) is 0. The molecule has 0 saturated heterocycles. The fourth-order valence-electron chi connectivity index (χ4n) is 1.48. The molecule has 0 bridgehead atoms. The van der Waals surface area contributed by atoms with Crippen molar-refractivity contribution in [2.24, 2.45) is 5.73 Å². The van der Waals surface area contributed by atoms with Crippen molar-refractivity contribution in [3.05, 3.63) is 24.2 Å². The second-order valence-electron chi connectivity index (χ2n) is 3.14. The molecule has 1 aromatic rings. The summed E-state index contributed by atoms with van der Waals surface area (Å²) in [4.78, 5) is 0. The highest BCUT2D eigenvalue weighted by Crippen LogP contribution is 2.60. The first-order valence-corrected chi connectivity index (χ1v) is 3.74. The van der Waals surface area contributed by atoms with Crippen LogP contribution in [-0.4, -0.2) is 12.5 Å². The Morgan fingerprint density at radius 3 is 2.58 bits per heavy atom. The monoisotopic (exact) mass is 173 g/mol. The number of nitrogens with two attached hydrogens (primary N) is 1. The topological polar surface area (TPSA) is 39.2 Å². The number of halogens is 2. The van der Waals surface area contributed by atoms with Gasteiger partial charge in [-0.25, -0.2) is 8.78 Å². The van der Waals surface area contributed by atoms with Crippen molar-refractivity contribution in [1.29, 1.82) is 0 Å². The zero-order valence-corrected chi connectivity index (χ0v) is 6.39. The van der Waals surface area contributed by atoms with Crippen molar-refractivity contribution in [1.82, 2.24) is 0 Å². The summed E-state index contributed by atoms with van der Waals surface area (Å²) in [5, 5.41) is 0. The predicted octanol–water partition coefficient (Wildman–Crippen LogP) is 1.52. The summed E-state index contributed by atoms with van der Waals surface area (Å²) in [6.45, 7) is -0.0620. The molecule has 0 aromatic carbocycles. The Balaban J connectivity index is 2.34. The van der Waals surface area contributed by atoms with Gasteiger partial charge in [0.15, 0.2) is 0 Å². The summed E-state index contributed by atoms with van der Waals surface area (Å²) < 4.78 is 30.7. The summed E-state index contributed by atoms with van der Waals surface area (Å²) >= 11 is 0. The van der Waals surface area contributed by atoms with Gasteiger partial charge in [-0.05, 0) is 12.1 Å². The highest BCUT2D eigenvalue weighted by Gasteiger charge is 2.72. The van der Waals surface area contributed by atoms with Crippen LogP contribution in [0.2, 0.25) is 0 Å². The van der Waals surface area contributed by atoms with E-state index in [1.807, 2.05) is 0 Å². The van der Waals surface area contributed by atoms with Gasteiger partial charge in [0.2, 0.25) is 0 Å². The first kappa shape index (κ1) is 7.73. The fraction of sp³-hybridized carbons (Fsp3) is 0.500. The largest absolute Gasteiger partial charge is 0.468 e. The van der Waals surface area contributed by atoms with E-state index in [4.69, 9.17) is 10.2 Å². The normalized spacial score (nSPS) is 31.9. The third-order valence-electron chi connectivity index (χ3n) is 2.44. The fourth-order valence-corrected chi connectivity index (χ4v) is 1.48. The third kappa shape index (κ3) is 0.756. The van der Waals surface area contributed by atoms with Gasteiger partial charge >= 0.3 is 0 Å². The number of hydrogen-bond acceptors (Lipinski definition) is 2. The number of alkyl halides is 2. The van der Waals surface area contributed by atoms with Crippen LogP contribution in [-0.2, 0) is 5.41 Å². The molecule has 2 N–H and O–H groups in total. The summed E-state index contributed by atoms with van der Waals surface area (Å²) in [5.74, 6) is -2.38. The van der Waals surface area contributed by atoms with E-state index in [1.54, 1.807) is 12.1 Å². The zero-order valence-electron chi connectivity index (χ0n) is 6.39. The second-order valence-corrected chi connectivity index (χ2v) is 3.14. The Labute approximate surface area is 68.4 Å². The molecule has 4 heteroatoms. The molecule has 1 fully saturated rings. The summed E-state index contributed by atoms with van der Waals surface area (Å²) in [6.07, 6.45) is 1.20. The van der Waals surface area contributed by atoms with Gasteiger partial charge in [0.05, 0.1) is 6.26 Å². The van der Waals surface area contributed by atoms with Crippen molar-refractivity contribution in [3.8, 4) is 0 Å². The minimum absolute atomic E-state index is 0.0620. The van der Waals surface area contributed by atoms with Crippen LogP contribution in [0.4, 0.5) is 8.78 Å². The Hall–Kier alpha value is -0.900. The van der Waals surface area contributed by atoms with E-state index < -0.39 is 11.3 Å². The van der Waals surface area contributed by atoms with Crippen molar-refractivity contribution in [3.63, 3.8) is 0 Å². The standard InChI is InChI=1S/C8H9F2NO/c9-8(10)4-7(8,5-11)6-2-1-3-12-6/h1-3H,4-5,11H2. The van der Waals surface area contributed by atoms with Gasteiger partial charge < -0.3 is 10.2 Å². The summed E-state index contributed by atoms with van der Waals surface area (Å²) in [5.41, 5.74) is 4.08. The van der Waals surface area contributed by atoms with E-state index in [9.17, 15) is 8.78 Å². The molecule has 12 heavy (non-hydrogen) atoms. The van der Waals surface area contributed by atoms with Gasteiger partial charge in [0, 0.05) is 13.0 Å². The van der Waals surface area contributed by atoms with Gasteiger partial charge in [0.1, 0.15) is 11.2 Å². The van der Waals surface area contributed by atoms with Crippen LogP contribution in [0.1, 0.15) is 12.2 Å². The number of furan rings is 1. The Morgan fingerprint density at radius 1 is 1.58 bits per heavy atom. The molecule has 0 radical (unpaired) electrons. The van der Waals surface area contributed by atoms with Crippen molar-refractivity contribution < 1.29 is 13.2 Å². The molecule has 1 aliphatic rings. The van der Waals surface area contributed by atoms with Crippen LogP contribution < -0.4 is 5.73 Å². The first-order chi connectivity index (χ1) is 5.62. The number of hydrogen-bond donors (Lipinski definition) is 1. The lowest BCUT2D eigenvalue weighted by Crippen LogP contribution is -2.26. The van der Waals surface area contributed by atoms with E-state index in [0.29, 0.717) is 5.76 Å². The van der Waals surface area contributed by atoms with Crippen LogP contribution in [0, 0.1) is 0 Å². The van der Waals surface area contributed by atoms with Gasteiger partial charge in [-0.2, -0.15) is 0 Å². The van der Waals surface area contributed by atoms with Crippen LogP contribution in [0.5, 0.6) is 0 Å². The minimum atomic E-state index is -2.68. The summed E-state index contributed by atoms with van der Waals surface area (Å²) in [6, 6.07) is 3.15. The molecule has 1 saturated carbocycles. The smallest absolute Gasteiger partial charge is 0.263 e. The minimum Gasteiger partial charge on any atom is -0.468 e. The molecule has 1 unspecified atom stereocenters. The molecule has 1 atom stereocenters. The zero-order chi connectivity index (χ0) is 8.82. The van der Waals surface area contributed by atoms with Crippen LogP contribution in [0.3, 0.4) is 0 Å². The molecule has 66 valence electrons. The van der Waals surface area contributed by atoms with Crippen LogP contribution in [0.25, 0.3) is 0 Å². The predicted molar refractivity (Wildman–Crippen MR) is 39.0 cm³/mol. The maximum absolute atomic E-state index is 12.9. The highest BCUT2D eigenvalue weighted by molar-refractivity contribution is 5.31. The van der Waals surface area contributed by atoms with Crippen LogP contribution >= 0.6 is 0 Å². The molecule has 2 rings (SSSR count). The Morgan fingerprint density at radius 2 is 2.25 bits per heavy atom. The lowest BCUT2D eigenvalue weighted by molar-refractivity contribution is 0.0839. The van der Waals surface area contributed by atoms with E-state index in [2.05, 4.69) is 0 Å². The molecular formula is C8H9F2NO. The second kappa shape index (κ2) is 2.07. The quantitative estimate of drug-likeness (QED) is 0.736. The molecule has 0 amide bonds. The molecule has 1 aromatic heterocycles. The van der Waals surface area contributed by atoms with Crippen molar-refractivity contribution >= 4 is 0 Å². The molecule has 1 heterocycles. The molecular weight excluding hydrogens is 164 g/mol. The third-order valence-corrected chi connectivity index (χ3v) is 2.44.